The molecule has 0 saturated carbocycles. The number of carbonyl (C=O) groups is 1. The van der Waals surface area contributed by atoms with Crippen molar-refractivity contribution >= 4 is 16.9 Å². The van der Waals surface area contributed by atoms with E-state index in [1.54, 1.807) is 0 Å². The van der Waals surface area contributed by atoms with Crippen LogP contribution in [0.25, 0.3) is 11.0 Å². The maximum atomic E-state index is 12.8. The highest BCUT2D eigenvalue weighted by molar-refractivity contribution is 5.78. The van der Waals surface area contributed by atoms with E-state index in [1.807, 2.05) is 35.2 Å². The molecule has 1 fully saturated rings. The average molecular weight is 364 g/mol. The van der Waals surface area contributed by atoms with Crippen molar-refractivity contribution in [1.29, 1.82) is 0 Å². The van der Waals surface area contributed by atoms with Gasteiger partial charge >= 0.3 is 0 Å². The van der Waals surface area contributed by atoms with Gasteiger partial charge in [-0.25, -0.2) is 4.63 Å². The first-order chi connectivity index (χ1) is 13.2. The SMILES string of the molecule is CCC1CN(Cc2cccc3nonc23)CCC(=O)N1Cc1ccccc1. The van der Waals surface area contributed by atoms with Crippen LogP contribution in [0, 0.1) is 0 Å². The van der Waals surface area contributed by atoms with E-state index in [2.05, 4.69) is 40.3 Å². The average Bonchev–Trinajstić information content (AvgIpc) is 3.13. The molecule has 0 spiro atoms. The molecule has 1 atom stereocenters. The van der Waals surface area contributed by atoms with Gasteiger partial charge in [-0.05, 0) is 33.9 Å². The van der Waals surface area contributed by atoms with E-state index < -0.39 is 0 Å². The lowest BCUT2D eigenvalue weighted by molar-refractivity contribution is -0.133. The van der Waals surface area contributed by atoms with Gasteiger partial charge < -0.3 is 4.90 Å². The van der Waals surface area contributed by atoms with Crippen LogP contribution in [0.4, 0.5) is 0 Å². The molecule has 4 rings (SSSR count). The van der Waals surface area contributed by atoms with E-state index in [9.17, 15) is 4.79 Å². The number of rotatable bonds is 5. The maximum Gasteiger partial charge on any atom is 0.224 e. The van der Waals surface area contributed by atoms with Crippen LogP contribution in [0.3, 0.4) is 0 Å². The highest BCUT2D eigenvalue weighted by atomic mass is 16.6. The minimum absolute atomic E-state index is 0.204. The van der Waals surface area contributed by atoms with Crippen LogP contribution < -0.4 is 0 Å². The van der Waals surface area contributed by atoms with Crippen LogP contribution >= 0.6 is 0 Å². The van der Waals surface area contributed by atoms with E-state index in [-0.39, 0.29) is 11.9 Å². The van der Waals surface area contributed by atoms with Gasteiger partial charge in [0.15, 0.2) is 0 Å². The fraction of sp³-hybridized carbons (Fsp3) is 0.381. The van der Waals surface area contributed by atoms with Gasteiger partial charge in [0.2, 0.25) is 5.91 Å². The monoisotopic (exact) mass is 364 g/mol. The molecule has 2 heterocycles. The van der Waals surface area contributed by atoms with Gasteiger partial charge in [-0.1, -0.05) is 49.4 Å². The third kappa shape index (κ3) is 3.85. The minimum Gasteiger partial charge on any atom is -0.334 e. The maximum absolute atomic E-state index is 12.8. The topological polar surface area (TPSA) is 62.5 Å². The van der Waals surface area contributed by atoms with E-state index in [0.29, 0.717) is 13.0 Å². The van der Waals surface area contributed by atoms with E-state index in [0.717, 1.165) is 42.7 Å². The molecule has 1 aliphatic heterocycles. The van der Waals surface area contributed by atoms with Crippen LogP contribution in [0.15, 0.2) is 53.2 Å². The highest BCUT2D eigenvalue weighted by Gasteiger charge is 2.29. The summed E-state index contributed by atoms with van der Waals surface area (Å²) in [5.74, 6) is 0.231. The first kappa shape index (κ1) is 17.7. The number of amides is 1. The standard InChI is InChI=1S/C21H24N4O2/c1-2-18-15-24(14-17-9-6-10-19-21(17)23-27-22-19)12-11-20(26)25(18)13-16-7-4-3-5-8-16/h3-10,18H,2,11-15H2,1H3. The van der Waals surface area contributed by atoms with Crippen molar-refractivity contribution in [2.24, 2.45) is 0 Å². The van der Waals surface area contributed by atoms with Crippen LogP contribution in [0.5, 0.6) is 0 Å². The minimum atomic E-state index is 0.204. The Morgan fingerprint density at radius 1 is 1.07 bits per heavy atom. The highest BCUT2D eigenvalue weighted by Crippen LogP contribution is 2.21. The quantitative estimate of drug-likeness (QED) is 0.695. The third-order valence-electron chi connectivity index (χ3n) is 5.30. The van der Waals surface area contributed by atoms with Crippen LogP contribution in [0.2, 0.25) is 0 Å². The number of hydrogen-bond acceptors (Lipinski definition) is 5. The molecular formula is C21H24N4O2. The molecule has 6 nitrogen and oxygen atoms in total. The molecule has 6 heteroatoms. The van der Waals surface area contributed by atoms with Crippen molar-refractivity contribution in [1.82, 2.24) is 20.1 Å². The normalized spacial score (nSPS) is 18.8. The molecule has 2 aromatic carbocycles. The van der Waals surface area contributed by atoms with Gasteiger partial charge in [-0.2, -0.15) is 0 Å². The number of fused-ring (bicyclic) bond motifs is 1. The Labute approximate surface area is 158 Å². The first-order valence-electron chi connectivity index (χ1n) is 9.50. The summed E-state index contributed by atoms with van der Waals surface area (Å²) in [6.45, 7) is 5.18. The molecule has 3 aromatic rings. The van der Waals surface area contributed by atoms with Gasteiger partial charge in [-0.15, -0.1) is 0 Å². The van der Waals surface area contributed by atoms with Gasteiger partial charge in [0.05, 0.1) is 0 Å². The number of carbonyl (C=O) groups excluding carboxylic acids is 1. The van der Waals surface area contributed by atoms with Crippen LogP contribution in [-0.4, -0.2) is 45.2 Å². The second-order valence-corrected chi connectivity index (χ2v) is 7.10. The largest absolute Gasteiger partial charge is 0.334 e. The molecule has 0 N–H and O–H groups in total. The second-order valence-electron chi connectivity index (χ2n) is 7.10. The van der Waals surface area contributed by atoms with Crippen molar-refractivity contribution in [3.05, 3.63) is 59.7 Å². The fourth-order valence-electron chi connectivity index (χ4n) is 3.81. The third-order valence-corrected chi connectivity index (χ3v) is 5.30. The van der Waals surface area contributed by atoms with Gasteiger partial charge in [0, 0.05) is 38.6 Å². The smallest absolute Gasteiger partial charge is 0.224 e. The Hall–Kier alpha value is -2.73. The molecule has 0 radical (unpaired) electrons. The van der Waals surface area contributed by atoms with E-state index in [1.165, 1.54) is 5.56 Å². The van der Waals surface area contributed by atoms with Crippen LogP contribution in [0.1, 0.15) is 30.9 Å². The summed E-state index contributed by atoms with van der Waals surface area (Å²) in [5.41, 5.74) is 3.85. The zero-order valence-electron chi connectivity index (χ0n) is 15.5. The van der Waals surface area contributed by atoms with Crippen molar-refractivity contribution in [3.63, 3.8) is 0 Å². The summed E-state index contributed by atoms with van der Waals surface area (Å²) in [4.78, 5) is 17.2. The van der Waals surface area contributed by atoms with Gasteiger partial charge in [0.25, 0.3) is 0 Å². The lowest BCUT2D eigenvalue weighted by Crippen LogP contribution is -2.42. The molecule has 0 bridgehead atoms. The summed E-state index contributed by atoms with van der Waals surface area (Å²) in [5, 5.41) is 7.97. The first-order valence-corrected chi connectivity index (χ1v) is 9.50. The molecule has 27 heavy (non-hydrogen) atoms. The predicted octanol–water partition coefficient (Wildman–Crippen LogP) is 3.24. The number of nitrogens with zero attached hydrogens (tertiary/aromatic N) is 4. The summed E-state index contributed by atoms with van der Waals surface area (Å²) >= 11 is 0. The molecule has 1 saturated heterocycles. The molecule has 0 aliphatic carbocycles. The Kier molecular flexibility index (Phi) is 5.16. The van der Waals surface area contributed by atoms with Gasteiger partial charge in [-0.3, -0.25) is 9.69 Å². The van der Waals surface area contributed by atoms with Gasteiger partial charge in [0.1, 0.15) is 11.0 Å². The second kappa shape index (κ2) is 7.88. The summed E-state index contributed by atoms with van der Waals surface area (Å²) in [6, 6.07) is 16.4. The summed E-state index contributed by atoms with van der Waals surface area (Å²) in [7, 11) is 0. The lowest BCUT2D eigenvalue weighted by atomic mass is 10.1. The summed E-state index contributed by atoms with van der Waals surface area (Å²) < 4.78 is 4.88. The molecule has 140 valence electrons. The molecule has 1 amide bonds. The summed E-state index contributed by atoms with van der Waals surface area (Å²) in [6.07, 6.45) is 1.47. The lowest BCUT2D eigenvalue weighted by Gasteiger charge is -2.31. The van der Waals surface area contributed by atoms with Crippen molar-refractivity contribution in [2.75, 3.05) is 13.1 Å². The molecular weight excluding hydrogens is 340 g/mol. The van der Waals surface area contributed by atoms with Crippen molar-refractivity contribution in [2.45, 2.75) is 38.9 Å². The Balaban J connectivity index is 1.52. The Morgan fingerprint density at radius 3 is 2.74 bits per heavy atom. The molecule has 1 unspecified atom stereocenters. The van der Waals surface area contributed by atoms with E-state index >= 15 is 0 Å². The fourth-order valence-corrected chi connectivity index (χ4v) is 3.81. The number of benzene rings is 2. The Morgan fingerprint density at radius 2 is 1.93 bits per heavy atom. The van der Waals surface area contributed by atoms with E-state index in [4.69, 9.17) is 4.63 Å². The van der Waals surface area contributed by atoms with Crippen molar-refractivity contribution in [3.8, 4) is 0 Å². The van der Waals surface area contributed by atoms with Crippen molar-refractivity contribution < 1.29 is 9.42 Å². The van der Waals surface area contributed by atoms with Crippen LogP contribution in [-0.2, 0) is 17.9 Å². The number of hydrogen-bond donors (Lipinski definition) is 0. The predicted molar refractivity (Wildman–Crippen MR) is 103 cm³/mol. The molecule has 1 aromatic heterocycles. The Bertz CT molecular complexity index is 909. The zero-order chi connectivity index (χ0) is 18.6. The number of aromatic nitrogens is 2. The zero-order valence-corrected chi connectivity index (χ0v) is 15.5. The molecule has 1 aliphatic rings.